The largest absolute Gasteiger partial charge is 0.384 e. The Kier molecular flexibility index (Phi) is 5.55. The van der Waals surface area contributed by atoms with Crippen LogP contribution >= 0.6 is 11.8 Å². The Morgan fingerprint density at radius 2 is 2.00 bits per heavy atom. The number of hydrogen-bond donors (Lipinski definition) is 2. The number of thioether (sulfide) groups is 1. The highest BCUT2D eigenvalue weighted by atomic mass is 32.2. The molecule has 0 aliphatic carbocycles. The van der Waals surface area contributed by atoms with Crippen molar-refractivity contribution >= 4 is 23.4 Å². The molecule has 0 bridgehead atoms. The molecule has 10 heteroatoms. The van der Waals surface area contributed by atoms with Gasteiger partial charge in [-0.25, -0.2) is 4.79 Å². The Morgan fingerprint density at radius 1 is 1.26 bits per heavy atom. The number of anilines is 1. The molecule has 0 radical (unpaired) electrons. The topological polar surface area (TPSA) is 129 Å². The molecule has 0 spiro atoms. The van der Waals surface area contributed by atoms with E-state index < -0.39 is 17.0 Å². The number of nitrogen functional groups attached to an aromatic ring is 1. The number of carbonyl (C=O) groups is 1. The fourth-order valence-electron chi connectivity index (χ4n) is 2.59. The zero-order valence-electron chi connectivity index (χ0n) is 14.6. The van der Waals surface area contributed by atoms with E-state index in [1.165, 1.54) is 4.57 Å². The molecule has 2 aromatic heterocycles. The van der Waals surface area contributed by atoms with E-state index in [0.29, 0.717) is 18.1 Å². The third kappa shape index (κ3) is 3.85. The lowest BCUT2D eigenvalue weighted by Gasteiger charge is -2.11. The van der Waals surface area contributed by atoms with E-state index in [4.69, 9.17) is 5.73 Å². The standard InChI is InChI=1S/C17H18N6O3S/c1-2-8-22-14(18)13(15(25)20-16(22)26)12(24)9-27-17-21-19-10-23(17)11-6-4-3-5-7-11/h3-7,10H,2,8-9,18H2,1H3,(H,20,25,26). The first kappa shape index (κ1) is 18.6. The molecule has 27 heavy (non-hydrogen) atoms. The fourth-order valence-corrected chi connectivity index (χ4v) is 3.39. The van der Waals surface area contributed by atoms with Gasteiger partial charge < -0.3 is 5.73 Å². The maximum atomic E-state index is 12.6. The van der Waals surface area contributed by atoms with Crippen LogP contribution in [0.3, 0.4) is 0 Å². The van der Waals surface area contributed by atoms with Gasteiger partial charge in [-0.2, -0.15) is 0 Å². The van der Waals surface area contributed by atoms with E-state index in [9.17, 15) is 14.4 Å². The molecule has 3 rings (SSSR count). The Balaban J connectivity index is 1.84. The second-order valence-corrected chi connectivity index (χ2v) is 6.64. The van der Waals surface area contributed by atoms with Gasteiger partial charge in [-0.05, 0) is 18.6 Å². The molecule has 3 aromatic rings. The number of para-hydroxylation sites is 1. The third-order valence-electron chi connectivity index (χ3n) is 3.85. The Hall–Kier alpha value is -3.14. The van der Waals surface area contributed by atoms with Crippen molar-refractivity contribution < 1.29 is 4.79 Å². The molecule has 0 amide bonds. The van der Waals surface area contributed by atoms with E-state index in [2.05, 4.69) is 15.2 Å². The van der Waals surface area contributed by atoms with Crippen LogP contribution in [-0.2, 0) is 6.54 Å². The molecule has 1 aromatic carbocycles. The lowest BCUT2D eigenvalue weighted by molar-refractivity contribution is 0.102. The number of aromatic amines is 1. The number of nitrogens with one attached hydrogen (secondary N) is 1. The van der Waals surface area contributed by atoms with Gasteiger partial charge in [-0.1, -0.05) is 36.9 Å². The number of carbonyl (C=O) groups excluding carboxylic acids is 1. The molecule has 0 aliphatic heterocycles. The van der Waals surface area contributed by atoms with Crippen molar-refractivity contribution in [3.8, 4) is 5.69 Å². The van der Waals surface area contributed by atoms with Gasteiger partial charge in [0.15, 0.2) is 10.9 Å². The maximum absolute atomic E-state index is 12.6. The molecule has 140 valence electrons. The molecule has 0 saturated carbocycles. The van der Waals surface area contributed by atoms with Crippen LogP contribution < -0.4 is 17.0 Å². The van der Waals surface area contributed by atoms with Crippen molar-refractivity contribution in [2.45, 2.75) is 25.0 Å². The van der Waals surface area contributed by atoms with Gasteiger partial charge in [0.05, 0.1) is 5.75 Å². The maximum Gasteiger partial charge on any atom is 0.329 e. The van der Waals surface area contributed by atoms with Gasteiger partial charge in [0.25, 0.3) is 5.56 Å². The molecule has 2 heterocycles. The summed E-state index contributed by atoms with van der Waals surface area (Å²) < 4.78 is 2.94. The Bertz CT molecular complexity index is 1070. The zero-order chi connectivity index (χ0) is 19.4. The summed E-state index contributed by atoms with van der Waals surface area (Å²) >= 11 is 1.14. The molecule has 0 atom stereocenters. The van der Waals surface area contributed by atoms with Crippen LogP contribution in [0.15, 0.2) is 51.4 Å². The first-order valence-corrected chi connectivity index (χ1v) is 9.25. The Morgan fingerprint density at radius 3 is 2.70 bits per heavy atom. The normalized spacial score (nSPS) is 10.9. The molecule has 9 nitrogen and oxygen atoms in total. The zero-order valence-corrected chi connectivity index (χ0v) is 15.4. The van der Waals surface area contributed by atoms with Gasteiger partial charge in [-0.3, -0.25) is 23.7 Å². The monoisotopic (exact) mass is 386 g/mol. The summed E-state index contributed by atoms with van der Waals surface area (Å²) in [6.07, 6.45) is 2.18. The first-order chi connectivity index (χ1) is 13.0. The number of H-pyrrole nitrogens is 1. The summed E-state index contributed by atoms with van der Waals surface area (Å²) in [5, 5.41) is 8.40. The SMILES string of the molecule is CCCn1c(N)c(C(=O)CSc2nncn2-c2ccccc2)c(=O)[nH]c1=O. The van der Waals surface area contributed by atoms with Gasteiger partial charge >= 0.3 is 5.69 Å². The highest BCUT2D eigenvalue weighted by molar-refractivity contribution is 7.99. The number of benzene rings is 1. The summed E-state index contributed by atoms with van der Waals surface area (Å²) in [5.41, 5.74) is 5.17. The van der Waals surface area contributed by atoms with Crippen molar-refractivity contribution in [3.63, 3.8) is 0 Å². The van der Waals surface area contributed by atoms with Crippen molar-refractivity contribution in [1.29, 1.82) is 0 Å². The lowest BCUT2D eigenvalue weighted by atomic mass is 10.2. The number of Topliss-reactive ketones (excluding diaryl/α,β-unsaturated/α-hetero) is 1. The lowest BCUT2D eigenvalue weighted by Crippen LogP contribution is -2.36. The van der Waals surface area contributed by atoms with Gasteiger partial charge in [0, 0.05) is 12.2 Å². The second kappa shape index (κ2) is 8.04. The van der Waals surface area contributed by atoms with Crippen LogP contribution in [0.5, 0.6) is 0 Å². The second-order valence-electron chi connectivity index (χ2n) is 5.70. The van der Waals surface area contributed by atoms with Crippen molar-refractivity contribution in [2.24, 2.45) is 0 Å². The number of nitrogens with zero attached hydrogens (tertiary/aromatic N) is 4. The van der Waals surface area contributed by atoms with Crippen LogP contribution in [0.4, 0.5) is 5.82 Å². The molecule has 0 fully saturated rings. The summed E-state index contributed by atoms with van der Waals surface area (Å²) in [6.45, 7) is 2.18. The van der Waals surface area contributed by atoms with Gasteiger partial charge in [0.1, 0.15) is 17.7 Å². The number of rotatable bonds is 7. The smallest absolute Gasteiger partial charge is 0.329 e. The van der Waals surface area contributed by atoms with E-state index in [1.54, 1.807) is 10.9 Å². The van der Waals surface area contributed by atoms with Crippen LogP contribution in [-0.4, -0.2) is 35.9 Å². The van der Waals surface area contributed by atoms with Crippen LogP contribution in [0.2, 0.25) is 0 Å². The quantitative estimate of drug-likeness (QED) is 0.459. The first-order valence-electron chi connectivity index (χ1n) is 8.27. The highest BCUT2D eigenvalue weighted by Gasteiger charge is 2.20. The number of nitrogens with two attached hydrogens (primary N) is 1. The predicted molar refractivity (Wildman–Crippen MR) is 102 cm³/mol. The number of hydrogen-bond acceptors (Lipinski definition) is 7. The van der Waals surface area contributed by atoms with Gasteiger partial charge in [0.2, 0.25) is 0 Å². The van der Waals surface area contributed by atoms with Gasteiger partial charge in [-0.15, -0.1) is 10.2 Å². The summed E-state index contributed by atoms with van der Waals surface area (Å²) in [4.78, 5) is 38.7. The average Bonchev–Trinajstić information content (AvgIpc) is 3.12. The average molecular weight is 386 g/mol. The summed E-state index contributed by atoms with van der Waals surface area (Å²) in [5.74, 6) is -0.657. The molecule has 0 unspecified atom stereocenters. The summed E-state index contributed by atoms with van der Waals surface area (Å²) in [6, 6.07) is 9.43. The molecular formula is C17H18N6O3S. The van der Waals surface area contributed by atoms with Crippen LogP contribution in [0.1, 0.15) is 23.7 Å². The van der Waals surface area contributed by atoms with E-state index in [0.717, 1.165) is 17.4 Å². The van der Waals surface area contributed by atoms with E-state index in [-0.39, 0.29) is 17.1 Å². The minimum atomic E-state index is -0.778. The molecular weight excluding hydrogens is 368 g/mol. The van der Waals surface area contributed by atoms with E-state index in [1.807, 2.05) is 37.3 Å². The number of ketones is 1. The Labute approximate surface area is 158 Å². The van der Waals surface area contributed by atoms with Crippen molar-refractivity contribution in [2.75, 3.05) is 11.5 Å². The third-order valence-corrected chi connectivity index (χ3v) is 4.79. The van der Waals surface area contributed by atoms with Crippen LogP contribution in [0.25, 0.3) is 5.69 Å². The number of aromatic nitrogens is 5. The molecule has 0 saturated heterocycles. The van der Waals surface area contributed by atoms with Crippen molar-refractivity contribution in [1.82, 2.24) is 24.3 Å². The molecule has 3 N–H and O–H groups in total. The van der Waals surface area contributed by atoms with E-state index >= 15 is 0 Å². The molecule has 0 aliphatic rings. The highest BCUT2D eigenvalue weighted by Crippen LogP contribution is 2.20. The summed E-state index contributed by atoms with van der Waals surface area (Å²) in [7, 11) is 0. The minimum Gasteiger partial charge on any atom is -0.384 e. The fraction of sp³-hybridized carbons (Fsp3) is 0.235. The predicted octanol–water partition coefficient (Wildman–Crippen LogP) is 1.08. The van der Waals surface area contributed by atoms with Crippen LogP contribution in [0, 0.1) is 0 Å². The van der Waals surface area contributed by atoms with Crippen molar-refractivity contribution in [3.05, 3.63) is 63.1 Å². The minimum absolute atomic E-state index is 0.0663.